The molecule has 0 aliphatic carbocycles. The van der Waals surface area contributed by atoms with E-state index in [0.29, 0.717) is 10.6 Å². The largest absolute Gasteiger partial charge is 0.477 e. The number of thioether (sulfide) groups is 1. The Labute approximate surface area is 104 Å². The van der Waals surface area contributed by atoms with Crippen molar-refractivity contribution < 1.29 is 9.90 Å². The molecule has 2 heterocycles. The van der Waals surface area contributed by atoms with Crippen molar-refractivity contribution in [3.8, 4) is 0 Å². The Hall–Kier alpha value is -0.920. The van der Waals surface area contributed by atoms with E-state index in [1.165, 1.54) is 11.3 Å². The number of rotatable bonds is 4. The lowest BCUT2D eigenvalue weighted by Gasteiger charge is -1.91. The zero-order chi connectivity index (χ0) is 11.5. The summed E-state index contributed by atoms with van der Waals surface area (Å²) in [6.07, 6.45) is 1.82. The van der Waals surface area contributed by atoms with Gasteiger partial charge in [0.2, 0.25) is 0 Å². The molecule has 2 aromatic heterocycles. The zero-order valence-corrected chi connectivity index (χ0v) is 10.8. The van der Waals surface area contributed by atoms with Gasteiger partial charge in [0.05, 0.1) is 11.2 Å². The molecule has 0 saturated heterocycles. The highest BCUT2D eigenvalue weighted by molar-refractivity contribution is 8.00. The number of aryl methyl sites for hydroxylation is 1. The zero-order valence-electron chi connectivity index (χ0n) is 8.34. The first-order chi connectivity index (χ1) is 7.66. The highest BCUT2D eigenvalue weighted by atomic mass is 32.2. The van der Waals surface area contributed by atoms with Crippen molar-refractivity contribution in [2.24, 2.45) is 0 Å². The average molecular weight is 272 g/mol. The summed E-state index contributed by atoms with van der Waals surface area (Å²) < 4.78 is 0.795. The molecule has 0 spiro atoms. The highest BCUT2D eigenvalue weighted by Gasteiger charge is 2.14. The van der Waals surface area contributed by atoms with E-state index in [9.17, 15) is 4.79 Å². The predicted molar refractivity (Wildman–Crippen MR) is 65.5 cm³/mol. The summed E-state index contributed by atoms with van der Waals surface area (Å²) in [6, 6.07) is 0. The molecule has 0 aliphatic heterocycles. The van der Waals surface area contributed by atoms with E-state index in [2.05, 4.69) is 9.97 Å². The summed E-state index contributed by atoms with van der Waals surface area (Å²) >= 11 is 4.36. The summed E-state index contributed by atoms with van der Waals surface area (Å²) in [4.78, 5) is 20.5. The molecule has 0 saturated carbocycles. The fraction of sp³-hybridized carbons (Fsp3) is 0.222. The van der Waals surface area contributed by atoms with E-state index in [0.717, 1.165) is 15.0 Å². The second-order valence-electron chi connectivity index (χ2n) is 2.96. The van der Waals surface area contributed by atoms with Crippen molar-refractivity contribution >= 4 is 40.4 Å². The van der Waals surface area contributed by atoms with Gasteiger partial charge in [-0.2, -0.15) is 0 Å². The van der Waals surface area contributed by atoms with Gasteiger partial charge in [-0.3, -0.25) is 4.98 Å². The van der Waals surface area contributed by atoms with E-state index < -0.39 is 5.97 Å². The van der Waals surface area contributed by atoms with Gasteiger partial charge in [0.15, 0.2) is 4.34 Å². The fourth-order valence-electron chi connectivity index (χ4n) is 1.08. The third-order valence-corrected chi connectivity index (χ3v) is 5.09. The van der Waals surface area contributed by atoms with Crippen LogP contribution in [0.5, 0.6) is 0 Å². The first-order valence-electron chi connectivity index (χ1n) is 4.37. The van der Waals surface area contributed by atoms with E-state index in [1.807, 2.05) is 6.20 Å². The topological polar surface area (TPSA) is 63.1 Å². The maximum Gasteiger partial charge on any atom is 0.347 e. The minimum Gasteiger partial charge on any atom is -0.477 e. The second kappa shape index (κ2) is 4.94. The Morgan fingerprint density at radius 2 is 2.44 bits per heavy atom. The summed E-state index contributed by atoms with van der Waals surface area (Å²) in [5, 5.41) is 8.88. The van der Waals surface area contributed by atoms with E-state index >= 15 is 0 Å². The van der Waals surface area contributed by atoms with Crippen LogP contribution in [0.1, 0.15) is 20.2 Å². The maximum absolute atomic E-state index is 10.8. The standard InChI is InChI=1S/C9H8N2O2S3/c1-5-7(8(12)13)16-9(11-5)14-3-6-2-10-4-15-6/h2,4H,3H2,1H3,(H,12,13). The molecule has 0 aromatic carbocycles. The van der Waals surface area contributed by atoms with Gasteiger partial charge >= 0.3 is 5.97 Å². The number of carboxylic acids is 1. The number of aromatic carboxylic acids is 1. The van der Waals surface area contributed by atoms with Crippen molar-refractivity contribution in [3.05, 3.63) is 27.2 Å². The van der Waals surface area contributed by atoms with Crippen LogP contribution in [0.2, 0.25) is 0 Å². The number of nitrogens with zero attached hydrogens (tertiary/aromatic N) is 2. The Balaban J connectivity index is 2.05. The lowest BCUT2D eigenvalue weighted by atomic mass is 10.4. The van der Waals surface area contributed by atoms with Gasteiger partial charge in [-0.05, 0) is 6.92 Å². The first kappa shape index (κ1) is 11.6. The molecule has 1 N–H and O–H groups in total. The van der Waals surface area contributed by atoms with Gasteiger partial charge in [-0.25, -0.2) is 9.78 Å². The van der Waals surface area contributed by atoms with Crippen LogP contribution in [0.15, 0.2) is 16.0 Å². The Kier molecular flexibility index (Phi) is 3.57. The van der Waals surface area contributed by atoms with Crippen molar-refractivity contribution in [1.29, 1.82) is 0 Å². The molecule has 0 unspecified atom stereocenters. The van der Waals surface area contributed by atoms with Crippen LogP contribution < -0.4 is 0 Å². The van der Waals surface area contributed by atoms with Gasteiger partial charge in [0, 0.05) is 16.8 Å². The van der Waals surface area contributed by atoms with Crippen LogP contribution in [-0.2, 0) is 5.75 Å². The molecular weight excluding hydrogens is 264 g/mol. The lowest BCUT2D eigenvalue weighted by molar-refractivity contribution is 0.0701. The summed E-state index contributed by atoms with van der Waals surface area (Å²) in [5.74, 6) is -0.115. The molecule has 16 heavy (non-hydrogen) atoms. The summed E-state index contributed by atoms with van der Waals surface area (Å²) in [6.45, 7) is 1.72. The van der Waals surface area contributed by atoms with Crippen molar-refractivity contribution in [2.45, 2.75) is 17.0 Å². The second-order valence-corrected chi connectivity index (χ2v) is 6.15. The molecule has 0 radical (unpaired) electrons. The number of thiazole rings is 2. The number of hydrogen-bond acceptors (Lipinski definition) is 6. The molecule has 7 heteroatoms. The van der Waals surface area contributed by atoms with E-state index in [4.69, 9.17) is 5.11 Å². The first-order valence-corrected chi connectivity index (χ1v) is 7.06. The number of carboxylic acid groups (broad SMARTS) is 1. The maximum atomic E-state index is 10.8. The SMILES string of the molecule is Cc1nc(SCc2cncs2)sc1C(=O)O. The minimum absolute atomic E-state index is 0.326. The molecule has 0 bridgehead atoms. The third-order valence-electron chi connectivity index (χ3n) is 1.79. The molecule has 2 rings (SSSR count). The smallest absolute Gasteiger partial charge is 0.347 e. The van der Waals surface area contributed by atoms with Crippen LogP contribution in [-0.4, -0.2) is 21.0 Å². The summed E-state index contributed by atoms with van der Waals surface area (Å²) in [7, 11) is 0. The molecule has 0 atom stereocenters. The number of aromatic nitrogens is 2. The number of carbonyl (C=O) groups is 1. The number of hydrogen-bond donors (Lipinski definition) is 1. The van der Waals surface area contributed by atoms with Crippen molar-refractivity contribution in [1.82, 2.24) is 9.97 Å². The molecule has 0 amide bonds. The molecule has 84 valence electrons. The Bertz CT molecular complexity index is 493. The fourth-order valence-corrected chi connectivity index (χ4v) is 3.75. The van der Waals surface area contributed by atoms with Gasteiger partial charge in [0.1, 0.15) is 4.88 Å². The monoisotopic (exact) mass is 272 g/mol. The van der Waals surface area contributed by atoms with Gasteiger partial charge in [0.25, 0.3) is 0 Å². The Morgan fingerprint density at radius 1 is 1.62 bits per heavy atom. The predicted octanol–water partition coefficient (Wildman–Crippen LogP) is 2.90. The van der Waals surface area contributed by atoms with Crippen molar-refractivity contribution in [2.75, 3.05) is 0 Å². The van der Waals surface area contributed by atoms with Crippen LogP contribution in [0.4, 0.5) is 0 Å². The molecule has 4 nitrogen and oxygen atoms in total. The minimum atomic E-state index is -0.903. The van der Waals surface area contributed by atoms with Crippen molar-refractivity contribution in [3.63, 3.8) is 0 Å². The normalized spacial score (nSPS) is 10.6. The highest BCUT2D eigenvalue weighted by Crippen LogP contribution is 2.30. The van der Waals surface area contributed by atoms with E-state index in [1.54, 1.807) is 35.5 Å². The summed E-state index contributed by atoms with van der Waals surface area (Å²) in [5.41, 5.74) is 2.37. The van der Waals surface area contributed by atoms with Gasteiger partial charge in [-0.1, -0.05) is 11.8 Å². The average Bonchev–Trinajstić information content (AvgIpc) is 2.83. The van der Waals surface area contributed by atoms with Gasteiger partial charge in [-0.15, -0.1) is 22.7 Å². The Morgan fingerprint density at radius 3 is 3.00 bits per heavy atom. The van der Waals surface area contributed by atoms with E-state index in [-0.39, 0.29) is 0 Å². The molecule has 0 fully saturated rings. The lowest BCUT2D eigenvalue weighted by Crippen LogP contribution is -1.94. The molecular formula is C9H8N2O2S3. The van der Waals surface area contributed by atoms with Crippen LogP contribution >= 0.6 is 34.4 Å². The quantitative estimate of drug-likeness (QED) is 0.867. The molecule has 0 aliphatic rings. The van der Waals surface area contributed by atoms with Crippen LogP contribution in [0.25, 0.3) is 0 Å². The van der Waals surface area contributed by atoms with Crippen LogP contribution in [0, 0.1) is 6.92 Å². The van der Waals surface area contributed by atoms with Gasteiger partial charge < -0.3 is 5.11 Å². The third kappa shape index (κ3) is 2.60. The molecule has 2 aromatic rings. The van der Waals surface area contributed by atoms with Crippen LogP contribution in [0.3, 0.4) is 0 Å².